The molecule has 0 saturated carbocycles. The van der Waals surface area contributed by atoms with E-state index in [-0.39, 0.29) is 103 Å². The van der Waals surface area contributed by atoms with Crippen LogP contribution in [0.3, 0.4) is 0 Å². The predicted octanol–water partition coefficient (Wildman–Crippen LogP) is 9.98. The second-order valence-electron chi connectivity index (χ2n) is 33.0. The van der Waals surface area contributed by atoms with Gasteiger partial charge in [0.15, 0.2) is 17.3 Å². The molecule has 0 fully saturated rings. The lowest BCUT2D eigenvalue weighted by Crippen LogP contribution is -2.44. The van der Waals surface area contributed by atoms with Crippen molar-refractivity contribution in [1.82, 2.24) is 41.9 Å². The van der Waals surface area contributed by atoms with E-state index in [1.54, 1.807) is 24.3 Å². The summed E-state index contributed by atoms with van der Waals surface area (Å²) in [7, 11) is 0. The van der Waals surface area contributed by atoms with Crippen molar-refractivity contribution < 1.29 is 140 Å². The van der Waals surface area contributed by atoms with Crippen molar-refractivity contribution in [3.05, 3.63) is 241 Å². The fourth-order valence-corrected chi connectivity index (χ4v) is 14.3. The zero-order valence-corrected chi connectivity index (χ0v) is 77.3. The number of Topliss-reactive ketones (excluding diaryl/α,β-unsaturated/α-hetero) is 3. The lowest BCUT2D eigenvalue weighted by atomic mass is 9.92. The summed E-state index contributed by atoms with van der Waals surface area (Å²) in [5, 5.41) is 88.4. The lowest BCUT2D eigenvalue weighted by molar-refractivity contribution is -0.142. The Labute approximate surface area is 816 Å². The average molecular weight is 1970 g/mol. The molecule has 4 aromatic heterocycles. The Morgan fingerprint density at radius 3 is 0.706 bits per heavy atom. The van der Waals surface area contributed by atoms with Crippen LogP contribution in [0.1, 0.15) is 145 Å². The minimum absolute atomic E-state index is 0.0448. The highest BCUT2D eigenvalue weighted by atomic mass is 16.5. The molecular formula is C102H108N12O29. The average Bonchev–Trinajstić information content (AvgIpc) is 1.73. The van der Waals surface area contributed by atoms with Gasteiger partial charge < -0.3 is 98.0 Å². The van der Waals surface area contributed by atoms with Crippen LogP contribution in [-0.2, 0) is 112 Å². The second-order valence-corrected chi connectivity index (χ2v) is 33.0. The summed E-state index contributed by atoms with van der Waals surface area (Å²) < 4.78 is 21.3. The first-order chi connectivity index (χ1) is 68.3. The number of carboxylic acid groups (broad SMARTS) is 7. The van der Waals surface area contributed by atoms with Gasteiger partial charge in [0.2, 0.25) is 47.3 Å². The predicted molar refractivity (Wildman–Crippen MR) is 510 cm³/mol. The van der Waals surface area contributed by atoms with Crippen LogP contribution in [0.2, 0.25) is 0 Å². The van der Waals surface area contributed by atoms with E-state index in [2.05, 4.69) is 41.9 Å². The Bertz CT molecular complexity index is 6180. The van der Waals surface area contributed by atoms with E-state index in [1.807, 2.05) is 194 Å². The zero-order valence-electron chi connectivity index (χ0n) is 77.3. The van der Waals surface area contributed by atoms with Gasteiger partial charge in [0.25, 0.3) is 0 Å². The first-order valence-electron chi connectivity index (χ1n) is 45.1. The maximum Gasteiger partial charge on any atom is 0.305 e. The van der Waals surface area contributed by atoms with Crippen LogP contribution in [0.15, 0.2) is 236 Å². The van der Waals surface area contributed by atoms with Gasteiger partial charge in [0.1, 0.15) is 51.9 Å². The number of aryl methyl sites for hydroxylation is 4. The number of nitrogens with two attached hydrogens (primary N) is 4. The molecule has 0 aliphatic rings. The second kappa shape index (κ2) is 57.0. The van der Waals surface area contributed by atoms with Crippen molar-refractivity contribution in [3.8, 4) is 78.4 Å². The molecule has 41 nitrogen and oxygen atoms in total. The number of ketones is 3. The van der Waals surface area contributed by atoms with Gasteiger partial charge in [0, 0.05) is 161 Å². The summed E-state index contributed by atoms with van der Waals surface area (Å²) in [6, 6.07) is 64.6. The molecular weight excluding hydrogens is 1860 g/mol. The molecule has 7 atom stereocenters. The Morgan fingerprint density at radius 2 is 0.448 bits per heavy atom. The van der Waals surface area contributed by atoms with Gasteiger partial charge in [-0.25, -0.2) is 0 Å². The van der Waals surface area contributed by atoms with Gasteiger partial charge in [-0.2, -0.15) is 0 Å². The highest BCUT2D eigenvalue weighted by Gasteiger charge is 2.33. The summed E-state index contributed by atoms with van der Waals surface area (Å²) in [4.78, 5) is 210. The Hall–Kier alpha value is -17.6. The molecule has 750 valence electrons. The normalized spacial score (nSPS) is 12.2. The lowest BCUT2D eigenvalue weighted by Gasteiger charge is -2.19. The molecule has 0 radical (unpaired) electrons. The molecule has 7 aromatic carbocycles. The van der Waals surface area contributed by atoms with E-state index >= 15 is 0 Å². The number of hydrogen-bond acceptors (Lipinski definition) is 26. The third-order valence-corrected chi connectivity index (χ3v) is 22.1. The van der Waals surface area contributed by atoms with Gasteiger partial charge in [-0.05, 0) is 65.5 Å². The van der Waals surface area contributed by atoms with E-state index < -0.39 is 187 Å². The highest BCUT2D eigenvalue weighted by Crippen LogP contribution is 2.31. The molecule has 0 aliphatic carbocycles. The molecule has 11 aromatic rings. The van der Waals surface area contributed by atoms with Crippen molar-refractivity contribution in [3.63, 3.8) is 0 Å². The third kappa shape index (κ3) is 39.5. The summed E-state index contributed by atoms with van der Waals surface area (Å²) in [5.74, 6) is -17.4. The van der Waals surface area contributed by atoms with Crippen LogP contribution >= 0.6 is 0 Å². The highest BCUT2D eigenvalue weighted by molar-refractivity contribution is 5.97. The van der Waals surface area contributed by atoms with Crippen LogP contribution in [0.25, 0.3) is 78.4 Å². The number of nitrogens with one attached hydrogen (secondary N) is 4. The number of nitrogens with zero attached hydrogens (tertiary/aromatic N) is 4. The van der Waals surface area contributed by atoms with Crippen molar-refractivity contribution in [2.24, 2.45) is 40.7 Å². The molecule has 0 spiro atoms. The summed E-state index contributed by atoms with van der Waals surface area (Å²) in [5.41, 5.74) is 33.2. The van der Waals surface area contributed by atoms with Gasteiger partial charge >= 0.3 is 41.8 Å². The van der Waals surface area contributed by atoms with Crippen LogP contribution < -0.4 is 44.2 Å². The maximum atomic E-state index is 12.8. The summed E-state index contributed by atoms with van der Waals surface area (Å²) in [6.07, 6.45) is -4.67. The number of hydrogen-bond donors (Lipinski definition) is 15. The molecule has 41 heteroatoms. The number of benzene rings is 7. The number of carbonyl (C=O) groups is 18. The minimum Gasteiger partial charge on any atom is -0.481 e. The zero-order chi connectivity index (χ0) is 104. The van der Waals surface area contributed by atoms with E-state index in [4.69, 9.17) is 76.8 Å². The Kier molecular flexibility index (Phi) is 44.1. The van der Waals surface area contributed by atoms with Gasteiger partial charge in [-0.15, -0.1) is 0 Å². The summed E-state index contributed by atoms with van der Waals surface area (Å²) >= 11 is 0. The van der Waals surface area contributed by atoms with E-state index in [9.17, 15) is 86.3 Å². The SMILES string of the molecule is NC(=O)[C@H](CC(=O)O)CC(=O)[C@H](CCC(=O)O)NC(=O)CCc1cc(-c2ccc(-c3ccccc3)cc2)no1.NC(=O)[C@H](CCC(=O)O)CC(=O)[C@H](CC(=O)O)NC(=O)CCc1cc(-c2ccc(-c3ccccc3)cc2)no1.NC(=O)[C@H](CCC(=O)O)CC(=O)[C@H](CCC(=O)O)NC(=O)CCc1cc(-c2ccc(-c3ccccc3)cc2)no1.NC(=O)[C@H](CCC(=O)O)NC(=O)CCc1cc(-c2ccccc2)no1. The monoisotopic (exact) mass is 1960 g/mol. The number of aliphatic carboxylic acids is 7. The number of aromatic nitrogens is 4. The molecule has 19 N–H and O–H groups in total. The number of carbonyl (C=O) groups excluding carboxylic acids is 11. The van der Waals surface area contributed by atoms with E-state index in [0.29, 0.717) is 52.2 Å². The smallest absolute Gasteiger partial charge is 0.305 e. The topological polar surface area (TPSA) is 705 Å². The Morgan fingerprint density at radius 1 is 0.231 bits per heavy atom. The van der Waals surface area contributed by atoms with Gasteiger partial charge in [0.05, 0.1) is 36.9 Å². The Balaban J connectivity index is 0.000000236. The van der Waals surface area contributed by atoms with Crippen molar-refractivity contribution >= 4 is 106 Å². The van der Waals surface area contributed by atoms with E-state index in [1.165, 1.54) is 0 Å². The molecule has 8 amide bonds. The molecule has 143 heavy (non-hydrogen) atoms. The number of amides is 8. The molecule has 4 heterocycles. The summed E-state index contributed by atoms with van der Waals surface area (Å²) in [6.45, 7) is 0. The quantitative estimate of drug-likeness (QED) is 0.0168. The molecule has 0 saturated heterocycles. The first-order valence-corrected chi connectivity index (χ1v) is 45.1. The van der Waals surface area contributed by atoms with Crippen LogP contribution in [0.5, 0.6) is 0 Å². The van der Waals surface area contributed by atoms with Gasteiger partial charge in [-0.1, -0.05) is 215 Å². The number of carboxylic acids is 7. The molecule has 0 bridgehead atoms. The van der Waals surface area contributed by atoms with Crippen LogP contribution in [0.4, 0.5) is 0 Å². The van der Waals surface area contributed by atoms with Crippen LogP contribution in [-0.4, -0.2) is 187 Å². The maximum absolute atomic E-state index is 12.8. The third-order valence-electron chi connectivity index (χ3n) is 22.1. The standard InChI is InChI=1S/C29H31N3O8.2C28H29N3O8.C17H19N3O5/c30-29(39)21(10-14-27(35)36)16-25(33)23(12-15-28(37)38)31-26(34)13-11-22-17-24(32-40-22)20-8-6-19(7-9-20)18-4-2-1-3-5-18;29-28(38)20(10-13-26(34)35)14-24(32)23(16-27(36)37)30-25(33)12-11-21-15-22(31-39-21)19-8-6-18(7-9-19)17-4-2-1-3-5-17;29-28(38)20(15-27(36)37)14-24(32)22(11-13-26(34)35)30-25(33)12-10-21-16-23(31-39-21)19-8-6-18(7-9-19)17-4-2-1-3-5-17;18-17(24)13(7-9-16(22)23)19-15(21)8-6-12-10-14(20-25-12)11-4-2-1-3-5-11/h1-9,17,21,23H,10-16H2,(H2,30,39)(H,31,34)(H,35,36)(H,37,38);1-9,15,20,23H,10-14,16H2,(H2,29,38)(H,30,33)(H,34,35)(H,36,37);1-9,16,20,22H,10-15H2,(H2,29,38)(H,30,33)(H,34,35)(H,36,37);1-5,10,13H,6-9H2,(H2,18,24)(H,19,21)(H,22,23)/t21-,23+;20-,23+;20-,22-;13-/m1100/s1. The van der Waals surface area contributed by atoms with Gasteiger partial charge in [-0.3, -0.25) is 86.3 Å². The minimum atomic E-state index is -1.39. The fraction of sp³-hybridized carbons (Fsp3) is 0.294. The molecule has 0 unspecified atom stereocenters. The number of primary amides is 4. The first kappa shape index (κ1) is 111. The molecule has 11 rings (SSSR count). The van der Waals surface area contributed by atoms with Crippen molar-refractivity contribution in [1.29, 1.82) is 0 Å². The van der Waals surface area contributed by atoms with Crippen LogP contribution in [0, 0.1) is 17.8 Å². The number of rotatable bonds is 55. The van der Waals surface area contributed by atoms with E-state index in [0.717, 1.165) is 55.6 Å². The van der Waals surface area contributed by atoms with Crippen molar-refractivity contribution in [2.45, 2.75) is 172 Å². The fourth-order valence-electron chi connectivity index (χ4n) is 14.3. The molecule has 0 aliphatic heterocycles. The van der Waals surface area contributed by atoms with Crippen molar-refractivity contribution in [2.75, 3.05) is 0 Å². The largest absolute Gasteiger partial charge is 0.481 e.